The molecule has 0 saturated heterocycles. The molecular formula is C10H9LiO7S. The second kappa shape index (κ2) is 6.72. The zero-order valence-electron chi connectivity index (χ0n) is 10.5. The van der Waals surface area contributed by atoms with Crippen molar-refractivity contribution in [1.82, 2.24) is 0 Å². The quantitative estimate of drug-likeness (QED) is 0.278. The van der Waals surface area contributed by atoms with E-state index in [1.54, 1.807) is 0 Å². The maximum atomic E-state index is 11.4. The van der Waals surface area contributed by atoms with Crippen molar-refractivity contribution >= 4 is 22.1 Å². The van der Waals surface area contributed by atoms with Crippen molar-refractivity contribution in [3.63, 3.8) is 0 Å². The van der Waals surface area contributed by atoms with E-state index in [1.807, 2.05) is 0 Å². The zero-order valence-corrected chi connectivity index (χ0v) is 11.3. The van der Waals surface area contributed by atoms with Gasteiger partial charge in [-0.15, -0.1) is 0 Å². The predicted octanol–water partition coefficient (Wildman–Crippen LogP) is -2.69. The number of hydrogen-bond acceptors (Lipinski definition) is 6. The van der Waals surface area contributed by atoms with Crippen LogP contribution in [0.2, 0.25) is 0 Å². The molecular weight excluding hydrogens is 271 g/mol. The number of hydrogen-bond donors (Lipinski definition) is 1. The van der Waals surface area contributed by atoms with Crippen LogP contribution in [0.1, 0.15) is 20.7 Å². The van der Waals surface area contributed by atoms with E-state index in [0.29, 0.717) is 0 Å². The summed E-state index contributed by atoms with van der Waals surface area (Å²) in [4.78, 5) is 21.9. The summed E-state index contributed by atoms with van der Waals surface area (Å²) in [6, 6.07) is 4.37. The van der Waals surface area contributed by atoms with E-state index in [4.69, 9.17) is 4.55 Å². The van der Waals surface area contributed by atoms with Gasteiger partial charge in [-0.2, -0.15) is 26.6 Å². The number of rotatable bonds is 3. The smallest absolute Gasteiger partial charge is 0.475 e. The molecule has 0 amide bonds. The summed E-state index contributed by atoms with van der Waals surface area (Å²) in [7, 11) is -2.74. The van der Waals surface area contributed by atoms with Crippen LogP contribution in [0.15, 0.2) is 17.0 Å². The summed E-state index contributed by atoms with van der Waals surface area (Å²) >= 11 is 0. The van der Waals surface area contributed by atoms with Crippen LogP contribution in [-0.4, -0.2) is 39.1 Å². The van der Waals surface area contributed by atoms with Crippen LogP contribution in [0, 0.1) is 6.07 Å². The van der Waals surface area contributed by atoms with Crippen LogP contribution in [0.5, 0.6) is 0 Å². The van der Waals surface area contributed by atoms with Gasteiger partial charge in [-0.1, -0.05) is 0 Å². The molecule has 19 heavy (non-hydrogen) atoms. The van der Waals surface area contributed by atoms with Crippen LogP contribution in [0.4, 0.5) is 0 Å². The van der Waals surface area contributed by atoms with E-state index in [1.165, 1.54) is 0 Å². The minimum Gasteiger partial charge on any atom is -0.475 e. The molecule has 1 rings (SSSR count). The van der Waals surface area contributed by atoms with Crippen LogP contribution < -0.4 is 18.9 Å². The average molecular weight is 280 g/mol. The summed E-state index contributed by atoms with van der Waals surface area (Å²) in [6.07, 6.45) is 0. The number of carbonyl (C=O) groups is 2. The molecule has 9 heteroatoms. The van der Waals surface area contributed by atoms with Crippen molar-refractivity contribution in [2.24, 2.45) is 0 Å². The first-order valence-electron chi connectivity index (χ1n) is 4.51. The molecule has 0 heterocycles. The summed E-state index contributed by atoms with van der Waals surface area (Å²) in [5.74, 6) is -2.05. The molecule has 0 aliphatic rings. The molecule has 0 aliphatic carbocycles. The van der Waals surface area contributed by atoms with Gasteiger partial charge in [0.15, 0.2) is 0 Å². The number of ether oxygens (including phenoxy) is 2. The number of esters is 2. The molecule has 0 radical (unpaired) electrons. The van der Waals surface area contributed by atoms with Gasteiger partial charge >= 0.3 is 18.9 Å². The first kappa shape index (κ1) is 17.7. The minimum atomic E-state index is -4.80. The van der Waals surface area contributed by atoms with Crippen molar-refractivity contribution in [2.45, 2.75) is 4.90 Å². The predicted molar refractivity (Wildman–Crippen MR) is 57.8 cm³/mol. The zero-order chi connectivity index (χ0) is 13.9. The first-order valence-corrected chi connectivity index (χ1v) is 5.95. The van der Waals surface area contributed by atoms with Crippen LogP contribution in [0.25, 0.3) is 0 Å². The van der Waals surface area contributed by atoms with Gasteiger partial charge < -0.3 is 9.47 Å². The standard InChI is InChI=1S/C10H9O7S.Li/c1-16-9(11)6-4-3-5-7(10(12)17-2)8(6)18(13,14)15;/h4-5H,1-2H3,(H,13,14,15);/q-1;+1. The molecule has 1 aromatic carbocycles. The number of methoxy groups -OCH3 is 2. The SMILES string of the molecule is COC(=O)c1c[c-]cc(C(=O)OC)c1S(=O)(=O)O.[Li+]. The Morgan fingerprint density at radius 3 is 1.74 bits per heavy atom. The molecule has 1 aromatic rings. The molecule has 0 bridgehead atoms. The van der Waals surface area contributed by atoms with Gasteiger partial charge in [0.1, 0.15) is 0 Å². The van der Waals surface area contributed by atoms with Crippen molar-refractivity contribution < 1.29 is 50.9 Å². The van der Waals surface area contributed by atoms with Crippen molar-refractivity contribution in [3.05, 3.63) is 29.3 Å². The third-order valence-electron chi connectivity index (χ3n) is 2.01. The largest absolute Gasteiger partial charge is 1.00 e. The van der Waals surface area contributed by atoms with E-state index in [9.17, 15) is 18.0 Å². The van der Waals surface area contributed by atoms with E-state index in [-0.39, 0.29) is 18.9 Å². The second-order valence-corrected chi connectivity index (χ2v) is 4.43. The fourth-order valence-corrected chi connectivity index (χ4v) is 2.13. The Balaban J connectivity index is 0.00000324. The minimum absolute atomic E-state index is 0. The molecule has 0 fully saturated rings. The van der Waals surface area contributed by atoms with Crippen molar-refractivity contribution in [2.75, 3.05) is 14.2 Å². The Morgan fingerprint density at radius 1 is 1.11 bits per heavy atom. The van der Waals surface area contributed by atoms with E-state index >= 15 is 0 Å². The molecule has 98 valence electrons. The molecule has 0 aromatic heterocycles. The third-order valence-corrected chi connectivity index (χ3v) is 2.97. The average Bonchev–Trinajstić information content (AvgIpc) is 2.34. The Hall–Kier alpha value is -1.33. The molecule has 1 N–H and O–H groups in total. The van der Waals surface area contributed by atoms with E-state index in [0.717, 1.165) is 26.4 Å². The van der Waals surface area contributed by atoms with E-state index in [2.05, 4.69) is 15.5 Å². The Labute approximate surface area is 121 Å². The molecule has 0 aliphatic heterocycles. The van der Waals surface area contributed by atoms with Gasteiger partial charge in [-0.25, -0.2) is 0 Å². The Bertz CT molecular complexity index is 560. The molecule has 7 nitrogen and oxygen atoms in total. The van der Waals surface area contributed by atoms with Crippen molar-refractivity contribution in [3.8, 4) is 0 Å². The van der Waals surface area contributed by atoms with Gasteiger partial charge in [0.2, 0.25) is 0 Å². The summed E-state index contributed by atoms with van der Waals surface area (Å²) < 4.78 is 40.3. The van der Waals surface area contributed by atoms with Crippen LogP contribution in [0.3, 0.4) is 0 Å². The number of benzene rings is 1. The Kier molecular flexibility index (Phi) is 6.25. The number of carbonyl (C=O) groups excluding carboxylic acids is 2. The second-order valence-electron chi connectivity index (χ2n) is 3.07. The fraction of sp³-hybridized carbons (Fsp3) is 0.200. The monoisotopic (exact) mass is 280 g/mol. The molecule has 0 unspecified atom stereocenters. The molecule has 0 spiro atoms. The third kappa shape index (κ3) is 3.81. The van der Waals surface area contributed by atoms with Gasteiger partial charge in [-0.05, 0) is 11.1 Å². The molecule has 0 atom stereocenters. The van der Waals surface area contributed by atoms with Gasteiger partial charge in [-0.3, -0.25) is 14.1 Å². The van der Waals surface area contributed by atoms with Gasteiger partial charge in [0.25, 0.3) is 22.1 Å². The maximum Gasteiger partial charge on any atom is 1.00 e. The fourth-order valence-electron chi connectivity index (χ4n) is 1.29. The summed E-state index contributed by atoms with van der Waals surface area (Å²) in [5.41, 5.74) is -0.995. The summed E-state index contributed by atoms with van der Waals surface area (Å²) in [6.45, 7) is 0. The molecule has 0 saturated carbocycles. The summed E-state index contributed by atoms with van der Waals surface area (Å²) in [5, 5.41) is 0. The normalized spacial score (nSPS) is 10.3. The topological polar surface area (TPSA) is 107 Å². The maximum absolute atomic E-state index is 11.4. The van der Waals surface area contributed by atoms with Crippen molar-refractivity contribution in [1.29, 1.82) is 0 Å². The Morgan fingerprint density at radius 2 is 1.47 bits per heavy atom. The van der Waals surface area contributed by atoms with Gasteiger partial charge in [0.05, 0.1) is 14.2 Å². The van der Waals surface area contributed by atoms with Crippen LogP contribution >= 0.6 is 0 Å². The van der Waals surface area contributed by atoms with E-state index < -0.39 is 38.1 Å². The van der Waals surface area contributed by atoms with Crippen LogP contribution in [-0.2, 0) is 19.6 Å². The van der Waals surface area contributed by atoms with Gasteiger partial charge in [0, 0.05) is 4.90 Å². The first-order chi connectivity index (χ1) is 8.32.